The van der Waals surface area contributed by atoms with Crippen LogP contribution in [-0.4, -0.2) is 52.2 Å². The molecule has 2 aliphatic rings. The van der Waals surface area contributed by atoms with E-state index in [2.05, 4.69) is 51.3 Å². The Labute approximate surface area is 123 Å². The maximum absolute atomic E-state index is 11.8. The fraction of sp³-hybridized carbons (Fsp3) is 0.938. The summed E-state index contributed by atoms with van der Waals surface area (Å²) in [6.07, 6.45) is 2.34. The average Bonchev–Trinajstić information content (AvgIpc) is 2.26. The molecule has 0 aromatic heterocycles. The Morgan fingerprint density at radius 3 is 1.95 bits per heavy atom. The molecule has 2 aliphatic heterocycles. The van der Waals surface area contributed by atoms with Crippen LogP contribution >= 0.6 is 0 Å². The summed E-state index contributed by atoms with van der Waals surface area (Å²) in [5.74, 6) is -0.0327. The van der Waals surface area contributed by atoms with Crippen LogP contribution < -0.4 is 0 Å². The number of carbonyl (C=O) groups is 1. The molecule has 0 N–H and O–H groups in total. The summed E-state index contributed by atoms with van der Waals surface area (Å²) in [7, 11) is 0. The lowest BCUT2D eigenvalue weighted by Crippen LogP contribution is -2.66. The van der Waals surface area contributed by atoms with Crippen molar-refractivity contribution < 1.29 is 9.53 Å². The van der Waals surface area contributed by atoms with E-state index in [1.54, 1.807) is 0 Å². The van der Waals surface area contributed by atoms with Gasteiger partial charge in [0.2, 0.25) is 0 Å². The smallest absolute Gasteiger partial charge is 0.308 e. The number of hydrogen-bond donors (Lipinski definition) is 0. The molecule has 0 aliphatic carbocycles. The molecular formula is C16H30N2O2. The van der Waals surface area contributed by atoms with Gasteiger partial charge in [-0.2, -0.15) is 0 Å². The monoisotopic (exact) mass is 282 g/mol. The summed E-state index contributed by atoms with van der Waals surface area (Å²) in [4.78, 5) is 16.7. The van der Waals surface area contributed by atoms with E-state index < -0.39 is 0 Å². The van der Waals surface area contributed by atoms with E-state index in [0.717, 1.165) is 32.5 Å². The van der Waals surface area contributed by atoms with Crippen molar-refractivity contribution in [3.8, 4) is 0 Å². The van der Waals surface area contributed by atoms with E-state index in [4.69, 9.17) is 4.74 Å². The van der Waals surface area contributed by atoms with Gasteiger partial charge in [-0.1, -0.05) is 0 Å². The summed E-state index contributed by atoms with van der Waals surface area (Å²) in [6.45, 7) is 16.2. The van der Waals surface area contributed by atoms with Crippen molar-refractivity contribution in [2.45, 2.75) is 77.6 Å². The van der Waals surface area contributed by atoms with Gasteiger partial charge in [0.25, 0.3) is 0 Å². The predicted octanol–water partition coefficient (Wildman–Crippen LogP) is 2.62. The van der Waals surface area contributed by atoms with Crippen LogP contribution in [0.4, 0.5) is 0 Å². The van der Waals surface area contributed by atoms with E-state index in [0.29, 0.717) is 6.42 Å². The highest BCUT2D eigenvalue weighted by Gasteiger charge is 2.50. The van der Waals surface area contributed by atoms with Crippen LogP contribution in [0.5, 0.6) is 0 Å². The van der Waals surface area contributed by atoms with Gasteiger partial charge in [-0.25, -0.2) is 0 Å². The maximum Gasteiger partial charge on any atom is 0.308 e. The van der Waals surface area contributed by atoms with Crippen LogP contribution in [0.3, 0.4) is 0 Å². The van der Waals surface area contributed by atoms with E-state index in [1.807, 2.05) is 0 Å². The second-order valence-electron chi connectivity index (χ2n) is 8.15. The van der Waals surface area contributed by atoms with Crippen molar-refractivity contribution in [3.63, 3.8) is 0 Å². The molecule has 4 nitrogen and oxygen atoms in total. The minimum Gasteiger partial charge on any atom is -0.443 e. The first-order valence-corrected chi connectivity index (χ1v) is 7.79. The highest BCUT2D eigenvalue weighted by molar-refractivity contribution is 5.71. The Hall–Kier alpha value is -0.610. The minimum atomic E-state index is -0.380. The van der Waals surface area contributed by atoms with E-state index in [1.165, 1.54) is 0 Å². The molecule has 0 saturated carbocycles. The molecule has 2 rings (SSSR count). The maximum atomic E-state index is 11.8. The SMILES string of the molecule is CC(C)(C)N1CCC2(CC1)OC(=O)CCN2C(C)(C)C. The van der Waals surface area contributed by atoms with Crippen LogP contribution in [0.1, 0.15) is 60.8 Å². The van der Waals surface area contributed by atoms with Crippen molar-refractivity contribution in [2.24, 2.45) is 0 Å². The Morgan fingerprint density at radius 1 is 0.950 bits per heavy atom. The number of carbonyl (C=O) groups excluding carboxylic acids is 1. The van der Waals surface area contributed by atoms with Crippen LogP contribution in [0.2, 0.25) is 0 Å². The molecule has 2 saturated heterocycles. The number of rotatable bonds is 0. The summed E-state index contributed by atoms with van der Waals surface area (Å²) in [5.41, 5.74) is -0.160. The number of hydrogen-bond acceptors (Lipinski definition) is 4. The fourth-order valence-electron chi connectivity index (χ4n) is 3.57. The van der Waals surface area contributed by atoms with Gasteiger partial charge in [0.05, 0.1) is 6.42 Å². The molecular weight excluding hydrogens is 252 g/mol. The first-order chi connectivity index (χ1) is 9.05. The van der Waals surface area contributed by atoms with Crippen LogP contribution in [0, 0.1) is 0 Å². The number of likely N-dealkylation sites (tertiary alicyclic amines) is 1. The minimum absolute atomic E-state index is 0.0323. The molecule has 4 heteroatoms. The van der Waals surface area contributed by atoms with Crippen molar-refractivity contribution in [3.05, 3.63) is 0 Å². The quantitative estimate of drug-likeness (QED) is 0.639. The third-order valence-electron chi connectivity index (χ3n) is 4.64. The van der Waals surface area contributed by atoms with Gasteiger partial charge in [-0.05, 0) is 41.5 Å². The van der Waals surface area contributed by atoms with Crippen molar-refractivity contribution >= 4 is 5.97 Å². The third-order valence-corrected chi connectivity index (χ3v) is 4.64. The number of esters is 1. The summed E-state index contributed by atoms with van der Waals surface area (Å²) in [6, 6.07) is 0. The van der Waals surface area contributed by atoms with E-state index in [9.17, 15) is 4.79 Å². The zero-order chi connectivity index (χ0) is 15.2. The molecule has 0 amide bonds. The van der Waals surface area contributed by atoms with E-state index >= 15 is 0 Å². The number of nitrogens with zero attached hydrogens (tertiary/aromatic N) is 2. The second-order valence-corrected chi connectivity index (χ2v) is 8.15. The standard InChI is InChI=1S/C16H30N2O2/c1-14(2,3)17-11-8-16(9-12-17)18(15(4,5)6)10-7-13(19)20-16/h7-12H2,1-6H3. The van der Waals surface area contributed by atoms with Crippen LogP contribution in [0.25, 0.3) is 0 Å². The van der Waals surface area contributed by atoms with Gasteiger partial charge < -0.3 is 4.74 Å². The fourth-order valence-corrected chi connectivity index (χ4v) is 3.57. The van der Waals surface area contributed by atoms with Crippen LogP contribution in [-0.2, 0) is 9.53 Å². The molecule has 0 bridgehead atoms. The topological polar surface area (TPSA) is 32.8 Å². The highest BCUT2D eigenvalue weighted by Crippen LogP contribution is 2.39. The van der Waals surface area contributed by atoms with Crippen molar-refractivity contribution in [1.82, 2.24) is 9.80 Å². The first-order valence-electron chi connectivity index (χ1n) is 7.79. The van der Waals surface area contributed by atoms with Crippen LogP contribution in [0.15, 0.2) is 0 Å². The molecule has 0 atom stereocenters. The molecule has 116 valence electrons. The molecule has 20 heavy (non-hydrogen) atoms. The number of ether oxygens (including phenoxy) is 1. The largest absolute Gasteiger partial charge is 0.443 e. The summed E-state index contributed by atoms with van der Waals surface area (Å²) >= 11 is 0. The molecule has 0 unspecified atom stereocenters. The van der Waals surface area contributed by atoms with Gasteiger partial charge in [0.15, 0.2) is 5.72 Å². The zero-order valence-corrected chi connectivity index (χ0v) is 14.0. The second kappa shape index (κ2) is 4.99. The summed E-state index contributed by atoms with van der Waals surface area (Å²) in [5, 5.41) is 0. The average molecular weight is 282 g/mol. The normalized spacial score (nSPS) is 25.8. The molecule has 1 spiro atoms. The molecule has 0 radical (unpaired) electrons. The Balaban J connectivity index is 2.17. The zero-order valence-electron chi connectivity index (χ0n) is 14.0. The van der Waals surface area contributed by atoms with Gasteiger partial charge in [-0.3, -0.25) is 14.6 Å². The Morgan fingerprint density at radius 2 is 1.50 bits per heavy atom. The Kier molecular flexibility index (Phi) is 3.93. The van der Waals surface area contributed by atoms with E-state index in [-0.39, 0.29) is 22.8 Å². The number of piperidine rings is 1. The van der Waals surface area contributed by atoms with Gasteiger partial charge in [0, 0.05) is 43.6 Å². The first kappa shape index (κ1) is 15.8. The lowest BCUT2D eigenvalue weighted by atomic mass is 9.89. The molecule has 2 heterocycles. The van der Waals surface area contributed by atoms with Crippen molar-refractivity contribution in [1.29, 1.82) is 0 Å². The summed E-state index contributed by atoms with van der Waals surface area (Å²) < 4.78 is 5.88. The lowest BCUT2D eigenvalue weighted by Gasteiger charge is -2.56. The molecule has 0 aromatic rings. The lowest BCUT2D eigenvalue weighted by molar-refractivity contribution is -0.231. The van der Waals surface area contributed by atoms with Gasteiger partial charge in [-0.15, -0.1) is 0 Å². The third kappa shape index (κ3) is 3.01. The van der Waals surface area contributed by atoms with Gasteiger partial charge >= 0.3 is 5.97 Å². The molecule has 0 aromatic carbocycles. The predicted molar refractivity (Wildman–Crippen MR) is 80.5 cm³/mol. The van der Waals surface area contributed by atoms with Gasteiger partial charge in [0.1, 0.15) is 0 Å². The molecule has 2 fully saturated rings. The van der Waals surface area contributed by atoms with Crippen molar-refractivity contribution in [2.75, 3.05) is 19.6 Å². The Bertz CT molecular complexity index is 371. The highest BCUT2D eigenvalue weighted by atomic mass is 16.6.